The number of hydrogen-bond donors (Lipinski definition) is 0. The standard InChI is InChI=1S/C52H29BN2OSi/c1-2-14-31-30(13-1)27-28-41-47(31)36-19-11-18-35-37-29-38-32-15-3-7-22-42(32)56-52(38)51-48(37)53(55(41)49(35)36)39-20-12-26-46-50(39)54(51)40-21-6-10-25-45(40)57(46)43-23-8-4-16-33(43)34-17-5-9-24-44(34)57/h1-29H. The lowest BCUT2D eigenvalue weighted by atomic mass is 9.45. The molecule has 0 fully saturated rings. The van der Waals surface area contributed by atoms with Crippen LogP contribution in [-0.4, -0.2) is 19.4 Å². The van der Waals surface area contributed by atoms with E-state index in [-0.39, 0.29) is 6.85 Å². The minimum atomic E-state index is -2.81. The molecule has 5 heteroatoms. The predicted octanol–water partition coefficient (Wildman–Crippen LogP) is 8.94. The van der Waals surface area contributed by atoms with Crippen molar-refractivity contribution in [3.8, 4) is 22.3 Å². The molecule has 57 heavy (non-hydrogen) atoms. The third kappa shape index (κ3) is 3.15. The molecule has 6 heterocycles. The number of benzene rings is 9. The number of anilines is 3. The summed E-state index contributed by atoms with van der Waals surface area (Å²) < 4.78 is 9.83. The normalized spacial score (nSPS) is 14.7. The van der Waals surface area contributed by atoms with E-state index in [0.29, 0.717) is 0 Å². The fraction of sp³-hybridized carbons (Fsp3) is 0. The van der Waals surface area contributed by atoms with Crippen LogP contribution in [0, 0.1) is 0 Å². The van der Waals surface area contributed by atoms with Gasteiger partial charge in [0.15, 0.2) is 13.7 Å². The maximum absolute atomic E-state index is 7.13. The number of furan rings is 1. The van der Waals surface area contributed by atoms with Crippen molar-refractivity contribution < 1.29 is 4.42 Å². The van der Waals surface area contributed by atoms with Crippen LogP contribution in [0.3, 0.4) is 0 Å². The molecule has 11 aromatic rings. The molecule has 1 spiro atoms. The van der Waals surface area contributed by atoms with Gasteiger partial charge in [-0.3, -0.25) is 0 Å². The molecular formula is C52H29BN2OSi. The van der Waals surface area contributed by atoms with Gasteiger partial charge in [0.1, 0.15) is 5.58 Å². The molecule has 260 valence electrons. The highest BCUT2D eigenvalue weighted by Gasteiger charge is 2.57. The Balaban J connectivity index is 1.19. The number of rotatable bonds is 0. The largest absolute Gasteiger partial charge is 0.454 e. The van der Waals surface area contributed by atoms with Gasteiger partial charge in [-0.1, -0.05) is 152 Å². The van der Waals surface area contributed by atoms with Crippen LogP contribution in [0.1, 0.15) is 0 Å². The van der Waals surface area contributed by atoms with Gasteiger partial charge in [-0.05, 0) is 83.4 Å². The van der Waals surface area contributed by atoms with E-state index in [1.807, 2.05) is 0 Å². The van der Waals surface area contributed by atoms with Gasteiger partial charge in [0, 0.05) is 49.5 Å². The molecule has 3 nitrogen and oxygen atoms in total. The highest BCUT2D eigenvalue weighted by atomic mass is 28.3. The summed E-state index contributed by atoms with van der Waals surface area (Å²) in [6.45, 7) is -0.0712. The van der Waals surface area contributed by atoms with E-state index in [0.717, 1.165) is 21.9 Å². The summed E-state index contributed by atoms with van der Waals surface area (Å²) in [5.74, 6) is 0. The summed E-state index contributed by atoms with van der Waals surface area (Å²) in [6.07, 6.45) is 0. The fourth-order valence-electron chi connectivity index (χ4n) is 12.0. The van der Waals surface area contributed by atoms with Crippen molar-refractivity contribution in [1.29, 1.82) is 0 Å². The van der Waals surface area contributed by atoms with Gasteiger partial charge in [-0.15, -0.1) is 0 Å². The summed E-state index contributed by atoms with van der Waals surface area (Å²) in [6, 6.07) is 66.7. The highest BCUT2D eigenvalue weighted by Crippen LogP contribution is 2.51. The molecular weight excluding hydrogens is 707 g/mol. The highest BCUT2D eigenvalue weighted by molar-refractivity contribution is 7.24. The molecule has 0 N–H and O–H groups in total. The molecule has 0 radical (unpaired) electrons. The molecule has 0 unspecified atom stereocenters. The Kier molecular flexibility index (Phi) is 5.04. The van der Waals surface area contributed by atoms with E-state index in [9.17, 15) is 0 Å². The second-order valence-corrected chi connectivity index (χ2v) is 19.9. The van der Waals surface area contributed by atoms with Crippen molar-refractivity contribution in [3.63, 3.8) is 0 Å². The number of aromatic nitrogens is 1. The molecule has 0 aliphatic carbocycles. The Morgan fingerprint density at radius 1 is 0.474 bits per heavy atom. The summed E-state index contributed by atoms with van der Waals surface area (Å²) in [5, 5.41) is 13.4. The van der Waals surface area contributed by atoms with E-state index < -0.39 is 8.07 Å². The third-order valence-corrected chi connectivity index (χ3v) is 18.9. The lowest BCUT2D eigenvalue weighted by molar-refractivity contribution is 0.669. The van der Waals surface area contributed by atoms with E-state index in [1.54, 1.807) is 0 Å². The Morgan fingerprint density at radius 2 is 1.14 bits per heavy atom. The average Bonchev–Trinajstić information content (AvgIpc) is 3.92. The minimum absolute atomic E-state index is 0.0712. The molecule has 4 aliphatic heterocycles. The summed E-state index contributed by atoms with van der Waals surface area (Å²) >= 11 is 0. The zero-order valence-electron chi connectivity index (χ0n) is 30.6. The van der Waals surface area contributed by atoms with Gasteiger partial charge >= 0.3 is 6.85 Å². The van der Waals surface area contributed by atoms with Gasteiger partial charge < -0.3 is 13.8 Å². The minimum Gasteiger partial charge on any atom is -0.454 e. The molecule has 0 saturated carbocycles. The first kappa shape index (κ1) is 29.2. The van der Waals surface area contributed by atoms with Gasteiger partial charge in [0.05, 0.1) is 5.69 Å². The summed E-state index contributed by atoms with van der Waals surface area (Å²) in [4.78, 5) is 2.63. The van der Waals surface area contributed by atoms with E-state index in [1.165, 1.54) is 104 Å². The maximum atomic E-state index is 7.13. The van der Waals surface area contributed by atoms with Crippen LogP contribution in [0.5, 0.6) is 0 Å². The molecule has 0 bridgehead atoms. The molecule has 0 amide bonds. The Labute approximate surface area is 328 Å². The molecule has 2 aromatic heterocycles. The number of fused-ring (bicyclic) bond motifs is 22. The van der Waals surface area contributed by atoms with Crippen LogP contribution >= 0.6 is 0 Å². The van der Waals surface area contributed by atoms with E-state index in [2.05, 4.69) is 185 Å². The lowest BCUT2D eigenvalue weighted by Crippen LogP contribution is -2.77. The summed E-state index contributed by atoms with van der Waals surface area (Å²) in [5.41, 5.74) is 16.2. The maximum Gasteiger partial charge on any atom is 0.333 e. The predicted molar refractivity (Wildman–Crippen MR) is 241 cm³/mol. The van der Waals surface area contributed by atoms with Crippen molar-refractivity contribution in [2.75, 3.05) is 4.90 Å². The molecule has 0 atom stereocenters. The first-order valence-corrected chi connectivity index (χ1v) is 22.0. The number of hydrogen-bond acceptors (Lipinski definition) is 2. The zero-order chi connectivity index (χ0) is 36.7. The second-order valence-electron chi connectivity index (χ2n) is 16.3. The SMILES string of the molecule is c1ccc2c(c1)-c1ccccc1[Si]21c2ccccc2N2c3c(cccc31)B1c3c(cc4c(oc5ccccc54)c32)-c2cccc3c4c5ccccc5ccc4n1c23. The van der Waals surface area contributed by atoms with Gasteiger partial charge in [0.25, 0.3) is 0 Å². The van der Waals surface area contributed by atoms with Gasteiger partial charge in [-0.25, -0.2) is 0 Å². The van der Waals surface area contributed by atoms with Crippen molar-refractivity contribution in [2.24, 2.45) is 0 Å². The van der Waals surface area contributed by atoms with E-state index >= 15 is 0 Å². The molecule has 15 rings (SSSR count). The smallest absolute Gasteiger partial charge is 0.333 e. The van der Waals surface area contributed by atoms with Crippen LogP contribution < -0.4 is 36.6 Å². The summed E-state index contributed by atoms with van der Waals surface area (Å²) in [7, 11) is -2.81. The average molecular weight is 737 g/mol. The van der Waals surface area contributed by atoms with Crippen molar-refractivity contribution in [3.05, 3.63) is 176 Å². The Hall–Kier alpha value is -7.08. The van der Waals surface area contributed by atoms with Crippen LogP contribution in [0.4, 0.5) is 17.1 Å². The van der Waals surface area contributed by atoms with Gasteiger partial charge in [0.2, 0.25) is 0 Å². The van der Waals surface area contributed by atoms with Crippen LogP contribution in [0.2, 0.25) is 0 Å². The van der Waals surface area contributed by atoms with Crippen LogP contribution in [0.25, 0.3) is 76.8 Å². The second kappa shape index (κ2) is 9.83. The quantitative estimate of drug-likeness (QED) is 0.145. The van der Waals surface area contributed by atoms with Crippen LogP contribution in [-0.2, 0) is 0 Å². The van der Waals surface area contributed by atoms with Crippen molar-refractivity contribution in [2.45, 2.75) is 0 Å². The van der Waals surface area contributed by atoms with Gasteiger partial charge in [-0.2, -0.15) is 0 Å². The Bertz CT molecular complexity index is 3640. The topological polar surface area (TPSA) is 21.3 Å². The van der Waals surface area contributed by atoms with Crippen molar-refractivity contribution in [1.82, 2.24) is 4.48 Å². The zero-order valence-corrected chi connectivity index (χ0v) is 31.6. The first-order chi connectivity index (χ1) is 28.3. The number of nitrogens with zero attached hydrogens (tertiary/aromatic N) is 2. The monoisotopic (exact) mass is 736 g/mol. The fourth-order valence-corrected chi connectivity index (χ4v) is 17.6. The van der Waals surface area contributed by atoms with Crippen molar-refractivity contribution >= 4 is 118 Å². The van der Waals surface area contributed by atoms with E-state index in [4.69, 9.17) is 4.42 Å². The van der Waals surface area contributed by atoms with Crippen LogP contribution in [0.15, 0.2) is 180 Å². The molecule has 9 aromatic carbocycles. The Morgan fingerprint density at radius 3 is 2.00 bits per heavy atom. The molecule has 0 saturated heterocycles. The molecule has 4 aliphatic rings. The first-order valence-electron chi connectivity index (χ1n) is 20.0. The third-order valence-electron chi connectivity index (χ3n) is 13.9. The lowest BCUT2D eigenvalue weighted by Gasteiger charge is -2.48. The number of para-hydroxylation sites is 4.